The van der Waals surface area contributed by atoms with Gasteiger partial charge in [0.1, 0.15) is 0 Å². The van der Waals surface area contributed by atoms with Gasteiger partial charge in [-0.15, -0.1) is 0 Å². The van der Waals surface area contributed by atoms with Crippen LogP contribution in [-0.2, 0) is 0 Å². The Morgan fingerprint density at radius 2 is 0.964 bits per heavy atom. The molecule has 28 heavy (non-hydrogen) atoms. The maximum absolute atomic E-state index is 2.40. The van der Waals surface area contributed by atoms with Gasteiger partial charge in [-0.05, 0) is 62.1 Å². The molecule has 0 N–H and O–H groups in total. The predicted molar refractivity (Wildman–Crippen MR) is 135 cm³/mol. The summed E-state index contributed by atoms with van der Waals surface area (Å²) in [5.74, 6) is 0. The number of hydrogen-bond acceptors (Lipinski definition) is 0. The van der Waals surface area contributed by atoms with Crippen LogP contribution in [-0.4, -0.2) is 8.80 Å². The lowest BCUT2D eigenvalue weighted by molar-refractivity contribution is 1.50. The van der Waals surface area contributed by atoms with Gasteiger partial charge in [0.05, 0.1) is 8.80 Å². The van der Waals surface area contributed by atoms with E-state index in [1.165, 1.54) is 37.9 Å². The number of hydrogen-bond donors (Lipinski definition) is 0. The van der Waals surface area contributed by atoms with E-state index >= 15 is 0 Å². The molecule has 0 aliphatic heterocycles. The molecule has 0 aliphatic rings. The first kappa shape index (κ1) is 23.9. The van der Waals surface area contributed by atoms with Gasteiger partial charge in [0.25, 0.3) is 0 Å². The van der Waals surface area contributed by atoms with Crippen molar-refractivity contribution in [3.05, 3.63) is 66.2 Å². The average Bonchev–Trinajstić information content (AvgIpc) is 2.77. The Kier molecular flexibility index (Phi) is 9.96. The van der Waals surface area contributed by atoms with Crippen LogP contribution in [0.15, 0.2) is 60.7 Å². The molecule has 0 bridgehead atoms. The lowest BCUT2D eigenvalue weighted by atomic mass is 9.95. The van der Waals surface area contributed by atoms with E-state index in [9.17, 15) is 0 Å². The van der Waals surface area contributed by atoms with Crippen LogP contribution in [0.5, 0.6) is 0 Å². The lowest BCUT2D eigenvalue weighted by Crippen LogP contribution is -2.25. The maximum atomic E-state index is 2.40. The highest BCUT2D eigenvalue weighted by Gasteiger charge is 2.15. The lowest BCUT2D eigenvalue weighted by Gasteiger charge is -2.17. The van der Waals surface area contributed by atoms with Gasteiger partial charge >= 0.3 is 0 Å². The van der Waals surface area contributed by atoms with Crippen LogP contribution in [0.4, 0.5) is 0 Å². The van der Waals surface area contributed by atoms with Crippen LogP contribution in [0.1, 0.15) is 47.1 Å². The summed E-state index contributed by atoms with van der Waals surface area (Å²) in [6.45, 7) is 19.1. The quantitative estimate of drug-likeness (QED) is 0.226. The van der Waals surface area contributed by atoms with E-state index in [2.05, 4.69) is 80.7 Å². The van der Waals surface area contributed by atoms with Gasteiger partial charge in [0, 0.05) is 0 Å². The molecule has 4 rings (SSSR count). The van der Waals surface area contributed by atoms with Gasteiger partial charge in [0.2, 0.25) is 0 Å². The smallest absolute Gasteiger partial charge is 0.0683 e. The Hall–Kier alpha value is -2.12. The zero-order valence-electron chi connectivity index (χ0n) is 19.3. The Labute approximate surface area is 174 Å². The first-order chi connectivity index (χ1) is 13.7. The molecule has 1 heteroatoms. The normalized spacial score (nSPS) is 9.93. The summed E-state index contributed by atoms with van der Waals surface area (Å²) in [5, 5.41) is 9.97. The Morgan fingerprint density at radius 1 is 0.536 bits per heavy atom. The van der Waals surface area contributed by atoms with E-state index in [-0.39, 0.29) is 0 Å². The van der Waals surface area contributed by atoms with Crippen molar-refractivity contribution in [2.24, 2.45) is 0 Å². The van der Waals surface area contributed by atoms with Crippen LogP contribution >= 0.6 is 0 Å². The summed E-state index contributed by atoms with van der Waals surface area (Å²) in [5.41, 5.74) is 1.41. The number of rotatable bonds is 1. The molecule has 0 atom stereocenters. The van der Waals surface area contributed by atoms with Crippen molar-refractivity contribution in [2.45, 2.75) is 61.6 Å². The summed E-state index contributed by atoms with van der Waals surface area (Å²) in [7, 11) is -0.547. The van der Waals surface area contributed by atoms with Crippen LogP contribution in [0.3, 0.4) is 0 Å². The van der Waals surface area contributed by atoms with Crippen LogP contribution < -0.4 is 5.19 Å². The monoisotopic (exact) mass is 389 g/mol. The molecule has 0 heterocycles. The number of fused-ring (bicyclic) bond motifs is 3. The highest BCUT2D eigenvalue weighted by atomic mass is 28.3. The molecule has 149 valence electrons. The third-order valence-electron chi connectivity index (χ3n) is 4.66. The summed E-state index contributed by atoms with van der Waals surface area (Å²) >= 11 is 0. The van der Waals surface area contributed by atoms with Crippen LogP contribution in [0.25, 0.3) is 32.3 Å². The number of aryl methyl sites for hydroxylation is 1. The molecule has 1 radical (unpaired) electrons. The Balaban J connectivity index is 0.000000599. The molecule has 0 fully saturated rings. The van der Waals surface area contributed by atoms with Crippen molar-refractivity contribution in [1.82, 2.24) is 0 Å². The van der Waals surface area contributed by atoms with Gasteiger partial charge in [-0.1, -0.05) is 103 Å². The Bertz CT molecular complexity index is 1010. The highest BCUT2D eigenvalue weighted by molar-refractivity contribution is 6.76. The van der Waals surface area contributed by atoms with Crippen molar-refractivity contribution >= 4 is 46.3 Å². The summed E-state index contributed by atoms with van der Waals surface area (Å²) in [6, 6.07) is 22.4. The van der Waals surface area contributed by atoms with Crippen molar-refractivity contribution in [2.75, 3.05) is 0 Å². The second-order valence-electron chi connectivity index (χ2n) is 6.29. The Morgan fingerprint density at radius 3 is 1.46 bits per heavy atom. The van der Waals surface area contributed by atoms with Crippen molar-refractivity contribution in [1.29, 1.82) is 0 Å². The van der Waals surface area contributed by atoms with Crippen LogP contribution in [0, 0.1) is 6.92 Å². The van der Waals surface area contributed by atoms with E-state index in [1.807, 2.05) is 41.5 Å². The van der Waals surface area contributed by atoms with Crippen LogP contribution in [0.2, 0.25) is 13.1 Å². The van der Waals surface area contributed by atoms with E-state index in [0.717, 1.165) is 0 Å². The van der Waals surface area contributed by atoms with E-state index < -0.39 is 8.80 Å². The van der Waals surface area contributed by atoms with Crippen molar-refractivity contribution in [3.63, 3.8) is 0 Å². The molecular formula is C27H37Si. The largest absolute Gasteiger partial charge is 0.0808 e. The topological polar surface area (TPSA) is 0 Å². The molecule has 0 aromatic heterocycles. The molecule has 0 unspecified atom stereocenters. The highest BCUT2D eigenvalue weighted by Crippen LogP contribution is 2.30. The second-order valence-corrected chi connectivity index (χ2v) is 8.79. The van der Waals surface area contributed by atoms with Gasteiger partial charge in [-0.2, -0.15) is 0 Å². The minimum Gasteiger partial charge on any atom is -0.0683 e. The third kappa shape index (κ3) is 4.64. The first-order valence-electron chi connectivity index (χ1n) is 10.8. The molecule has 0 nitrogen and oxygen atoms in total. The SMILES string of the molecule is CC.CC.CC.Cc1c2ccccc2c([Si](C)C)c2cc3ccccc3cc12. The van der Waals surface area contributed by atoms with E-state index in [4.69, 9.17) is 0 Å². The molecule has 0 saturated heterocycles. The van der Waals surface area contributed by atoms with Gasteiger partial charge in [-0.25, -0.2) is 0 Å². The summed E-state index contributed by atoms with van der Waals surface area (Å²) in [6.07, 6.45) is 0. The molecule has 0 amide bonds. The van der Waals surface area contributed by atoms with Crippen molar-refractivity contribution < 1.29 is 0 Å². The van der Waals surface area contributed by atoms with Gasteiger partial charge < -0.3 is 0 Å². The van der Waals surface area contributed by atoms with Gasteiger partial charge in [0.15, 0.2) is 0 Å². The molecule has 4 aromatic rings. The standard InChI is InChI=1S/C21H19Si.3C2H6/c1-14-17-10-6-7-11-18(17)21(22(2)3)20-13-16-9-5-4-8-15(16)12-19(14)20;3*1-2/h4-13H,1-3H3;3*1-2H3. The minimum absolute atomic E-state index is 0.547. The molecule has 0 saturated carbocycles. The summed E-state index contributed by atoms with van der Waals surface area (Å²) in [4.78, 5) is 0. The maximum Gasteiger partial charge on any atom is 0.0808 e. The third-order valence-corrected chi connectivity index (χ3v) is 6.20. The van der Waals surface area contributed by atoms with E-state index in [1.54, 1.807) is 5.19 Å². The molecule has 0 spiro atoms. The fourth-order valence-electron chi connectivity index (χ4n) is 3.61. The fraction of sp³-hybridized carbons (Fsp3) is 0.333. The van der Waals surface area contributed by atoms with Gasteiger partial charge in [-0.3, -0.25) is 0 Å². The fourth-order valence-corrected chi connectivity index (χ4v) is 5.12. The zero-order chi connectivity index (χ0) is 21.3. The first-order valence-corrected chi connectivity index (χ1v) is 13.3. The molecule has 4 aromatic carbocycles. The second kappa shape index (κ2) is 11.7. The zero-order valence-corrected chi connectivity index (χ0v) is 20.3. The minimum atomic E-state index is -0.547. The predicted octanol–water partition coefficient (Wildman–Crippen LogP) is 8.49. The van der Waals surface area contributed by atoms with Crippen molar-refractivity contribution in [3.8, 4) is 0 Å². The molecule has 0 aliphatic carbocycles. The molecular weight excluding hydrogens is 352 g/mol. The average molecular weight is 390 g/mol. The van der Waals surface area contributed by atoms with E-state index in [0.29, 0.717) is 0 Å². The summed E-state index contributed by atoms with van der Waals surface area (Å²) < 4.78 is 0. The number of benzene rings is 4.